The van der Waals surface area contributed by atoms with E-state index in [0.29, 0.717) is 13.2 Å². The third-order valence-corrected chi connectivity index (χ3v) is 6.52. The van der Waals surface area contributed by atoms with Crippen LogP contribution in [0.1, 0.15) is 37.7 Å². The fourth-order valence-electron chi connectivity index (χ4n) is 4.83. The zero-order chi connectivity index (χ0) is 19.7. The second-order valence-electron chi connectivity index (χ2n) is 8.31. The van der Waals surface area contributed by atoms with Gasteiger partial charge in [-0.05, 0) is 49.8 Å². The number of aromatic amines is 1. The molecule has 0 aliphatic carbocycles. The molecule has 1 atom stereocenters. The molecule has 2 amide bonds. The maximum Gasteiger partial charge on any atom is 0.317 e. The van der Waals surface area contributed by atoms with E-state index >= 15 is 0 Å². The lowest BCUT2D eigenvalue weighted by atomic mass is 9.84. The number of carbonyl (C=O) groups is 1. The fraction of sp³-hybridized carbons (Fsp3) is 0.545. The fourth-order valence-corrected chi connectivity index (χ4v) is 4.83. The monoisotopic (exact) mass is 396 g/mol. The number of ether oxygens (including phenoxy) is 2. The van der Waals surface area contributed by atoms with E-state index in [1.165, 1.54) is 11.1 Å². The molecule has 2 aromatic heterocycles. The Morgan fingerprint density at radius 3 is 3.03 bits per heavy atom. The third-order valence-electron chi connectivity index (χ3n) is 6.52. The summed E-state index contributed by atoms with van der Waals surface area (Å²) in [6.07, 6.45) is 10.5. The van der Waals surface area contributed by atoms with Crippen LogP contribution in [0.4, 0.5) is 4.79 Å². The molecular formula is C22H28N4O3. The minimum Gasteiger partial charge on any atom is -0.381 e. The van der Waals surface area contributed by atoms with Crippen molar-refractivity contribution in [2.75, 3.05) is 32.9 Å². The molecule has 0 radical (unpaired) electrons. The molecule has 2 aromatic rings. The highest BCUT2D eigenvalue weighted by Crippen LogP contribution is 2.34. The molecule has 7 heteroatoms. The number of nitrogens with zero attached hydrogens (tertiary/aromatic N) is 2. The number of nitrogens with one attached hydrogen (secondary N) is 2. The van der Waals surface area contributed by atoms with Gasteiger partial charge in [-0.2, -0.15) is 0 Å². The van der Waals surface area contributed by atoms with Crippen LogP contribution in [0.25, 0.3) is 16.6 Å². The van der Waals surface area contributed by atoms with Crippen molar-refractivity contribution in [2.24, 2.45) is 0 Å². The van der Waals surface area contributed by atoms with Crippen LogP contribution in [-0.4, -0.2) is 65.5 Å². The largest absolute Gasteiger partial charge is 0.381 e. The number of amides is 2. The number of hydrogen-bond donors (Lipinski definition) is 2. The molecule has 0 aromatic carbocycles. The molecule has 29 heavy (non-hydrogen) atoms. The molecular weight excluding hydrogens is 368 g/mol. The smallest absolute Gasteiger partial charge is 0.317 e. The highest BCUT2D eigenvalue weighted by molar-refractivity contribution is 5.91. The van der Waals surface area contributed by atoms with Gasteiger partial charge in [0, 0.05) is 62.3 Å². The van der Waals surface area contributed by atoms with Crippen molar-refractivity contribution in [3.8, 4) is 0 Å². The van der Waals surface area contributed by atoms with E-state index in [1.807, 2.05) is 17.2 Å². The Hall–Kier alpha value is -2.38. The SMILES string of the molecule is O=C(NC1CCOC2(CCOCC2)C1)N1CC=C(c2c[nH]c3ncccc23)CC1. The van der Waals surface area contributed by atoms with Crippen LogP contribution >= 0.6 is 0 Å². The van der Waals surface area contributed by atoms with Crippen LogP contribution in [0, 0.1) is 0 Å². The molecule has 3 aliphatic heterocycles. The number of fused-ring (bicyclic) bond motifs is 1. The first-order chi connectivity index (χ1) is 14.2. The lowest BCUT2D eigenvalue weighted by molar-refractivity contribution is -0.139. The summed E-state index contributed by atoms with van der Waals surface area (Å²) in [5.41, 5.74) is 3.27. The average molecular weight is 396 g/mol. The third kappa shape index (κ3) is 3.76. The number of pyridine rings is 1. The van der Waals surface area contributed by atoms with Gasteiger partial charge in [-0.1, -0.05) is 6.08 Å². The zero-order valence-corrected chi connectivity index (χ0v) is 16.7. The Morgan fingerprint density at radius 2 is 2.21 bits per heavy atom. The van der Waals surface area contributed by atoms with Crippen molar-refractivity contribution < 1.29 is 14.3 Å². The van der Waals surface area contributed by atoms with Crippen LogP contribution in [0.15, 0.2) is 30.6 Å². The van der Waals surface area contributed by atoms with Crippen molar-refractivity contribution in [2.45, 2.75) is 43.7 Å². The number of aromatic nitrogens is 2. The quantitative estimate of drug-likeness (QED) is 0.818. The van der Waals surface area contributed by atoms with Crippen LogP contribution in [0.5, 0.6) is 0 Å². The lowest BCUT2D eigenvalue weighted by Gasteiger charge is -2.43. The first-order valence-corrected chi connectivity index (χ1v) is 10.6. The molecule has 2 N–H and O–H groups in total. The summed E-state index contributed by atoms with van der Waals surface area (Å²) >= 11 is 0. The van der Waals surface area contributed by atoms with E-state index in [9.17, 15) is 4.79 Å². The molecule has 3 aliphatic rings. The molecule has 0 saturated carbocycles. The van der Waals surface area contributed by atoms with Gasteiger partial charge < -0.3 is 24.7 Å². The minimum absolute atomic E-state index is 0.0370. The van der Waals surface area contributed by atoms with Gasteiger partial charge in [0.05, 0.1) is 5.60 Å². The Bertz CT molecular complexity index is 910. The molecule has 0 bridgehead atoms. The van der Waals surface area contributed by atoms with Crippen molar-refractivity contribution in [1.82, 2.24) is 20.2 Å². The first kappa shape index (κ1) is 18.6. The molecule has 2 fully saturated rings. The number of urea groups is 1. The van der Waals surface area contributed by atoms with Gasteiger partial charge in [0.15, 0.2) is 0 Å². The second-order valence-corrected chi connectivity index (χ2v) is 8.31. The van der Waals surface area contributed by atoms with Crippen molar-refractivity contribution >= 4 is 22.6 Å². The Labute approximate surface area is 170 Å². The second kappa shape index (κ2) is 7.80. The number of H-pyrrole nitrogens is 1. The van der Waals surface area contributed by atoms with Gasteiger partial charge in [0.25, 0.3) is 0 Å². The maximum absolute atomic E-state index is 12.8. The van der Waals surface area contributed by atoms with Gasteiger partial charge in [-0.25, -0.2) is 9.78 Å². The summed E-state index contributed by atoms with van der Waals surface area (Å²) in [7, 11) is 0. The predicted octanol–water partition coefficient (Wildman–Crippen LogP) is 3.09. The molecule has 7 nitrogen and oxygen atoms in total. The van der Waals surface area contributed by atoms with E-state index in [2.05, 4.69) is 27.4 Å². The first-order valence-electron chi connectivity index (χ1n) is 10.6. The van der Waals surface area contributed by atoms with Crippen molar-refractivity contribution in [3.05, 3.63) is 36.2 Å². The van der Waals surface area contributed by atoms with E-state index in [-0.39, 0.29) is 17.7 Å². The predicted molar refractivity (Wildman–Crippen MR) is 111 cm³/mol. The van der Waals surface area contributed by atoms with Crippen LogP contribution in [0.3, 0.4) is 0 Å². The summed E-state index contributed by atoms with van der Waals surface area (Å²) < 4.78 is 11.6. The summed E-state index contributed by atoms with van der Waals surface area (Å²) in [5.74, 6) is 0. The normalized spacial score (nSPS) is 24.5. The molecule has 1 spiro atoms. The van der Waals surface area contributed by atoms with E-state index < -0.39 is 0 Å². The molecule has 1 unspecified atom stereocenters. The van der Waals surface area contributed by atoms with Gasteiger partial charge in [-0.15, -0.1) is 0 Å². The van der Waals surface area contributed by atoms with Crippen LogP contribution in [-0.2, 0) is 9.47 Å². The topological polar surface area (TPSA) is 79.5 Å². The minimum atomic E-state index is -0.104. The van der Waals surface area contributed by atoms with Crippen molar-refractivity contribution in [3.63, 3.8) is 0 Å². The highest BCUT2D eigenvalue weighted by atomic mass is 16.5. The summed E-state index contributed by atoms with van der Waals surface area (Å²) in [4.78, 5) is 22.4. The molecule has 5 heterocycles. The van der Waals surface area contributed by atoms with E-state index in [1.54, 1.807) is 6.20 Å². The summed E-state index contributed by atoms with van der Waals surface area (Å²) in [5, 5.41) is 4.40. The highest BCUT2D eigenvalue weighted by Gasteiger charge is 2.39. The van der Waals surface area contributed by atoms with Gasteiger partial charge in [-0.3, -0.25) is 0 Å². The Morgan fingerprint density at radius 1 is 1.31 bits per heavy atom. The van der Waals surface area contributed by atoms with Gasteiger partial charge in [0.2, 0.25) is 0 Å². The van der Waals surface area contributed by atoms with Crippen LogP contribution < -0.4 is 5.32 Å². The van der Waals surface area contributed by atoms with Crippen molar-refractivity contribution in [1.29, 1.82) is 0 Å². The number of carbonyl (C=O) groups excluding carboxylic acids is 1. The molecule has 5 rings (SSSR count). The van der Waals surface area contributed by atoms with E-state index in [4.69, 9.17) is 9.47 Å². The Kier molecular flexibility index (Phi) is 5.01. The Balaban J connectivity index is 1.21. The van der Waals surface area contributed by atoms with Crippen LogP contribution in [0.2, 0.25) is 0 Å². The average Bonchev–Trinajstić information content (AvgIpc) is 3.19. The number of rotatable bonds is 2. The lowest BCUT2D eigenvalue weighted by Crippen LogP contribution is -2.53. The molecule has 2 saturated heterocycles. The maximum atomic E-state index is 12.8. The molecule has 154 valence electrons. The summed E-state index contributed by atoms with van der Waals surface area (Å²) in [6.45, 7) is 3.58. The van der Waals surface area contributed by atoms with Gasteiger partial charge in [0.1, 0.15) is 5.65 Å². The summed E-state index contributed by atoms with van der Waals surface area (Å²) in [6, 6.07) is 4.27. The van der Waals surface area contributed by atoms with Gasteiger partial charge >= 0.3 is 6.03 Å². The van der Waals surface area contributed by atoms with E-state index in [0.717, 1.165) is 62.9 Å². The standard InChI is InChI=1S/C22H28N4O3/c27-21(25-17-5-11-29-22(14-17)6-12-28-13-7-22)26-9-3-16(4-10-26)19-15-24-20-18(19)2-1-8-23-20/h1-3,8,15,17H,4-7,9-14H2,(H,23,24)(H,25,27). The number of hydrogen-bond acceptors (Lipinski definition) is 4. The zero-order valence-electron chi connectivity index (χ0n) is 16.7.